The molecule has 116 valence electrons. The summed E-state index contributed by atoms with van der Waals surface area (Å²) in [6, 6.07) is 5.47. The highest BCUT2D eigenvalue weighted by Crippen LogP contribution is 2.27. The Morgan fingerprint density at radius 3 is 2.95 bits per heavy atom. The van der Waals surface area contributed by atoms with E-state index in [0.29, 0.717) is 23.9 Å². The van der Waals surface area contributed by atoms with Gasteiger partial charge < -0.3 is 4.52 Å². The summed E-state index contributed by atoms with van der Waals surface area (Å²) in [5, 5.41) is 6.74. The van der Waals surface area contributed by atoms with E-state index in [1.807, 2.05) is 12.1 Å². The summed E-state index contributed by atoms with van der Waals surface area (Å²) >= 11 is 0. The Bertz CT molecular complexity index is 603. The van der Waals surface area contributed by atoms with Crippen LogP contribution in [-0.2, 0) is 4.79 Å². The van der Waals surface area contributed by atoms with Gasteiger partial charge in [-0.25, -0.2) is 0 Å². The summed E-state index contributed by atoms with van der Waals surface area (Å²) in [6.07, 6.45) is 11.4. The van der Waals surface area contributed by atoms with Crippen molar-refractivity contribution in [3.63, 3.8) is 0 Å². The Morgan fingerprint density at radius 1 is 1.32 bits per heavy atom. The molecule has 5 nitrogen and oxygen atoms in total. The summed E-state index contributed by atoms with van der Waals surface area (Å²) < 4.78 is 5.17. The third kappa shape index (κ3) is 3.93. The van der Waals surface area contributed by atoms with Crippen molar-refractivity contribution in [2.24, 2.45) is 5.92 Å². The second kappa shape index (κ2) is 7.20. The third-order valence-corrected chi connectivity index (χ3v) is 4.23. The zero-order valence-electron chi connectivity index (χ0n) is 12.6. The SMILES string of the molecule is O=C(CCC1CCCCC1)Nc1cc(-c2cccnc2)no1. The van der Waals surface area contributed by atoms with Crippen LogP contribution in [0.5, 0.6) is 0 Å². The number of hydrogen-bond acceptors (Lipinski definition) is 4. The first-order valence-electron chi connectivity index (χ1n) is 7.98. The van der Waals surface area contributed by atoms with Gasteiger partial charge in [-0.2, -0.15) is 0 Å². The van der Waals surface area contributed by atoms with Crippen LogP contribution >= 0.6 is 0 Å². The molecule has 0 unspecified atom stereocenters. The van der Waals surface area contributed by atoms with Gasteiger partial charge in [0, 0.05) is 30.4 Å². The molecular weight excluding hydrogens is 278 g/mol. The molecule has 0 saturated heterocycles. The summed E-state index contributed by atoms with van der Waals surface area (Å²) in [4.78, 5) is 16.0. The van der Waals surface area contributed by atoms with Crippen LogP contribution in [0.25, 0.3) is 11.3 Å². The molecule has 2 aromatic rings. The molecule has 0 bridgehead atoms. The first-order valence-corrected chi connectivity index (χ1v) is 7.98. The molecule has 0 aliphatic heterocycles. The highest BCUT2D eigenvalue weighted by molar-refractivity contribution is 5.89. The van der Waals surface area contributed by atoms with E-state index in [1.54, 1.807) is 18.5 Å². The van der Waals surface area contributed by atoms with Crippen molar-refractivity contribution in [3.8, 4) is 11.3 Å². The second-order valence-corrected chi connectivity index (χ2v) is 5.91. The van der Waals surface area contributed by atoms with Crippen LogP contribution in [0.3, 0.4) is 0 Å². The number of rotatable bonds is 5. The Balaban J connectivity index is 1.50. The molecule has 0 aromatic carbocycles. The minimum absolute atomic E-state index is 0.000500. The van der Waals surface area contributed by atoms with Crippen molar-refractivity contribution in [3.05, 3.63) is 30.6 Å². The quantitative estimate of drug-likeness (QED) is 0.904. The number of carbonyl (C=O) groups excluding carboxylic acids is 1. The molecule has 0 radical (unpaired) electrons. The van der Waals surface area contributed by atoms with Crippen molar-refractivity contribution < 1.29 is 9.32 Å². The molecule has 1 aliphatic carbocycles. The molecule has 1 saturated carbocycles. The molecule has 0 atom stereocenters. The van der Waals surface area contributed by atoms with E-state index in [4.69, 9.17) is 4.52 Å². The number of anilines is 1. The lowest BCUT2D eigenvalue weighted by molar-refractivity contribution is -0.116. The fourth-order valence-corrected chi connectivity index (χ4v) is 3.00. The summed E-state index contributed by atoms with van der Waals surface area (Å²) in [6.45, 7) is 0. The van der Waals surface area contributed by atoms with E-state index >= 15 is 0 Å². The molecule has 1 aliphatic rings. The predicted molar refractivity (Wildman–Crippen MR) is 84.2 cm³/mol. The van der Waals surface area contributed by atoms with Crippen LogP contribution < -0.4 is 5.32 Å². The van der Waals surface area contributed by atoms with Gasteiger partial charge in [-0.05, 0) is 24.5 Å². The van der Waals surface area contributed by atoms with Crippen molar-refractivity contribution >= 4 is 11.8 Å². The van der Waals surface area contributed by atoms with Gasteiger partial charge >= 0.3 is 0 Å². The van der Waals surface area contributed by atoms with Crippen molar-refractivity contribution in [2.45, 2.75) is 44.9 Å². The largest absolute Gasteiger partial charge is 0.338 e. The summed E-state index contributed by atoms with van der Waals surface area (Å²) in [5.74, 6) is 1.10. The van der Waals surface area contributed by atoms with Crippen molar-refractivity contribution in [1.29, 1.82) is 0 Å². The monoisotopic (exact) mass is 299 g/mol. The second-order valence-electron chi connectivity index (χ2n) is 5.91. The highest BCUT2D eigenvalue weighted by atomic mass is 16.5. The molecule has 1 fully saturated rings. The van der Waals surface area contributed by atoms with Crippen LogP contribution in [-0.4, -0.2) is 16.0 Å². The molecular formula is C17H21N3O2. The fourth-order valence-electron chi connectivity index (χ4n) is 3.00. The van der Waals surface area contributed by atoms with Crippen LogP contribution in [0, 0.1) is 5.92 Å². The molecule has 1 N–H and O–H groups in total. The molecule has 3 rings (SSSR count). The molecule has 5 heteroatoms. The van der Waals surface area contributed by atoms with E-state index in [-0.39, 0.29) is 5.91 Å². The summed E-state index contributed by atoms with van der Waals surface area (Å²) in [7, 11) is 0. The Hall–Kier alpha value is -2.17. The van der Waals surface area contributed by atoms with Gasteiger partial charge in [0.2, 0.25) is 11.8 Å². The molecule has 2 heterocycles. The lowest BCUT2D eigenvalue weighted by Gasteiger charge is -2.20. The van der Waals surface area contributed by atoms with E-state index in [9.17, 15) is 4.79 Å². The lowest BCUT2D eigenvalue weighted by atomic mass is 9.86. The Kier molecular flexibility index (Phi) is 4.83. The topological polar surface area (TPSA) is 68.0 Å². The number of hydrogen-bond donors (Lipinski definition) is 1. The Morgan fingerprint density at radius 2 is 2.18 bits per heavy atom. The van der Waals surface area contributed by atoms with Crippen molar-refractivity contribution in [1.82, 2.24) is 10.1 Å². The first-order chi connectivity index (χ1) is 10.8. The van der Waals surface area contributed by atoms with Crippen LogP contribution in [0.15, 0.2) is 35.1 Å². The van der Waals surface area contributed by atoms with Crippen LogP contribution in [0.1, 0.15) is 44.9 Å². The maximum absolute atomic E-state index is 12.0. The fraction of sp³-hybridized carbons (Fsp3) is 0.471. The number of nitrogens with zero attached hydrogens (tertiary/aromatic N) is 2. The minimum Gasteiger partial charge on any atom is -0.338 e. The zero-order chi connectivity index (χ0) is 15.2. The Labute approximate surface area is 130 Å². The van der Waals surface area contributed by atoms with Gasteiger partial charge in [-0.15, -0.1) is 0 Å². The van der Waals surface area contributed by atoms with Gasteiger partial charge in [0.1, 0.15) is 5.69 Å². The molecule has 22 heavy (non-hydrogen) atoms. The van der Waals surface area contributed by atoms with Gasteiger partial charge in [0.25, 0.3) is 0 Å². The summed E-state index contributed by atoms with van der Waals surface area (Å²) in [5.41, 5.74) is 1.55. The van der Waals surface area contributed by atoms with Crippen LogP contribution in [0.2, 0.25) is 0 Å². The average molecular weight is 299 g/mol. The van der Waals surface area contributed by atoms with Crippen molar-refractivity contribution in [2.75, 3.05) is 5.32 Å². The number of amides is 1. The van der Waals surface area contributed by atoms with Gasteiger partial charge in [-0.3, -0.25) is 15.1 Å². The highest BCUT2D eigenvalue weighted by Gasteiger charge is 2.16. The molecule has 1 amide bonds. The van der Waals surface area contributed by atoms with E-state index in [0.717, 1.165) is 12.0 Å². The number of nitrogens with one attached hydrogen (secondary N) is 1. The average Bonchev–Trinajstić information content (AvgIpc) is 3.03. The maximum atomic E-state index is 12.0. The van der Waals surface area contributed by atoms with E-state index < -0.39 is 0 Å². The van der Waals surface area contributed by atoms with Crippen LogP contribution in [0.4, 0.5) is 5.88 Å². The predicted octanol–water partition coefficient (Wildman–Crippen LogP) is 4.04. The maximum Gasteiger partial charge on any atom is 0.231 e. The standard InChI is InChI=1S/C17H21N3O2/c21-16(9-8-13-5-2-1-3-6-13)19-17-11-15(20-22-17)14-7-4-10-18-12-14/h4,7,10-13H,1-3,5-6,8-9H2,(H,19,21). The van der Waals surface area contributed by atoms with Gasteiger partial charge in [0.05, 0.1) is 0 Å². The molecule has 0 spiro atoms. The normalized spacial score (nSPS) is 15.6. The minimum atomic E-state index is -0.000500. The number of aromatic nitrogens is 2. The van der Waals surface area contributed by atoms with E-state index in [2.05, 4.69) is 15.5 Å². The first kappa shape index (κ1) is 14.8. The third-order valence-electron chi connectivity index (χ3n) is 4.23. The number of carbonyl (C=O) groups is 1. The number of pyridine rings is 1. The smallest absolute Gasteiger partial charge is 0.231 e. The van der Waals surface area contributed by atoms with Gasteiger partial charge in [0.15, 0.2) is 0 Å². The molecule has 2 aromatic heterocycles. The van der Waals surface area contributed by atoms with E-state index in [1.165, 1.54) is 32.1 Å². The lowest BCUT2D eigenvalue weighted by Crippen LogP contribution is -2.14. The zero-order valence-corrected chi connectivity index (χ0v) is 12.6. The van der Waals surface area contributed by atoms with Gasteiger partial charge in [-0.1, -0.05) is 37.3 Å².